The van der Waals surface area contributed by atoms with Crippen molar-refractivity contribution in [2.24, 2.45) is 0 Å². The highest BCUT2D eigenvalue weighted by molar-refractivity contribution is 5.21. The summed E-state index contributed by atoms with van der Waals surface area (Å²) < 4.78 is 2.07. The maximum atomic E-state index is 12.0. The number of aromatic nitrogens is 2. The van der Waals surface area contributed by atoms with Gasteiger partial charge in [0.25, 0.3) is 0 Å². The van der Waals surface area contributed by atoms with Crippen LogP contribution in [-0.2, 0) is 13.1 Å². The molecule has 0 aliphatic rings. The summed E-state index contributed by atoms with van der Waals surface area (Å²) in [5.41, 5.74) is -2.13. The van der Waals surface area contributed by atoms with Gasteiger partial charge in [-0.3, -0.25) is 24.0 Å². The molecule has 0 radical (unpaired) electrons. The van der Waals surface area contributed by atoms with Gasteiger partial charge in [0.1, 0.15) is 0 Å². The molecule has 0 fully saturated rings. The molecule has 8 nitrogen and oxygen atoms in total. The zero-order valence-electron chi connectivity index (χ0n) is 12.2. The molecule has 0 aliphatic heterocycles. The Hall–Kier alpha value is -1.96. The zero-order chi connectivity index (χ0) is 15.5. The van der Waals surface area contributed by atoms with Crippen molar-refractivity contribution in [1.29, 1.82) is 0 Å². The predicted octanol–water partition coefficient (Wildman–Crippen LogP) is 0.326. The van der Waals surface area contributed by atoms with Crippen LogP contribution in [0.25, 0.3) is 0 Å². The van der Waals surface area contributed by atoms with E-state index < -0.39 is 21.9 Å². The van der Waals surface area contributed by atoms with Crippen molar-refractivity contribution < 1.29 is 4.92 Å². The number of nitro groups is 1. The molecule has 0 spiro atoms. The molecule has 1 aromatic rings. The van der Waals surface area contributed by atoms with Crippen LogP contribution in [0.2, 0.25) is 0 Å². The predicted molar refractivity (Wildman–Crippen MR) is 75.0 cm³/mol. The summed E-state index contributed by atoms with van der Waals surface area (Å²) in [4.78, 5) is 34.0. The monoisotopic (exact) mass is 284 g/mol. The average Bonchev–Trinajstić information content (AvgIpc) is 2.32. The standard InChI is InChI=1S/C12H20N4O4/c1-5-14-8-9(16(19)20)10(17)15(11(14)18)7-6-13-12(2,3)4/h8,13H,5-7H2,1-4H3. The quantitative estimate of drug-likeness (QED) is 0.620. The van der Waals surface area contributed by atoms with Crippen LogP contribution in [0.1, 0.15) is 27.7 Å². The Morgan fingerprint density at radius 3 is 2.40 bits per heavy atom. The molecule has 0 unspecified atom stereocenters. The first-order valence-electron chi connectivity index (χ1n) is 6.41. The summed E-state index contributed by atoms with van der Waals surface area (Å²) in [5.74, 6) is 0. The molecule has 8 heteroatoms. The molecule has 1 heterocycles. The van der Waals surface area contributed by atoms with E-state index in [1.807, 2.05) is 20.8 Å². The van der Waals surface area contributed by atoms with Gasteiger partial charge in [0.2, 0.25) is 0 Å². The van der Waals surface area contributed by atoms with E-state index in [4.69, 9.17) is 0 Å². The fourth-order valence-electron chi connectivity index (χ4n) is 1.73. The number of nitrogens with one attached hydrogen (secondary N) is 1. The Balaban J connectivity index is 3.18. The lowest BCUT2D eigenvalue weighted by Crippen LogP contribution is -2.44. The van der Waals surface area contributed by atoms with E-state index in [0.29, 0.717) is 6.54 Å². The molecule has 0 atom stereocenters. The SMILES string of the molecule is CCn1cc([N+](=O)[O-])c(=O)n(CCNC(C)(C)C)c1=O. The summed E-state index contributed by atoms with van der Waals surface area (Å²) in [6.45, 7) is 8.29. The molecule has 0 aromatic carbocycles. The Kier molecular flexibility index (Phi) is 4.83. The van der Waals surface area contributed by atoms with Gasteiger partial charge in [-0.2, -0.15) is 0 Å². The Labute approximate surface area is 116 Å². The van der Waals surface area contributed by atoms with Gasteiger partial charge in [0.05, 0.1) is 11.1 Å². The van der Waals surface area contributed by atoms with E-state index in [9.17, 15) is 19.7 Å². The van der Waals surface area contributed by atoms with Gasteiger partial charge in [-0.05, 0) is 27.7 Å². The second-order valence-corrected chi connectivity index (χ2v) is 5.47. The summed E-state index contributed by atoms with van der Waals surface area (Å²) in [5, 5.41) is 14.0. The van der Waals surface area contributed by atoms with Gasteiger partial charge >= 0.3 is 16.9 Å². The van der Waals surface area contributed by atoms with E-state index >= 15 is 0 Å². The lowest BCUT2D eigenvalue weighted by Gasteiger charge is -2.20. The maximum Gasteiger partial charge on any atom is 0.350 e. The van der Waals surface area contributed by atoms with Gasteiger partial charge < -0.3 is 5.32 Å². The summed E-state index contributed by atoms with van der Waals surface area (Å²) >= 11 is 0. The highest BCUT2D eigenvalue weighted by Crippen LogP contribution is 2.01. The number of rotatable bonds is 5. The van der Waals surface area contributed by atoms with Crippen molar-refractivity contribution in [3.8, 4) is 0 Å². The smallest absolute Gasteiger partial charge is 0.310 e. The second kappa shape index (κ2) is 6.00. The Morgan fingerprint density at radius 1 is 1.35 bits per heavy atom. The number of hydrogen-bond acceptors (Lipinski definition) is 5. The molecule has 1 aromatic heterocycles. The van der Waals surface area contributed by atoms with Crippen molar-refractivity contribution in [2.75, 3.05) is 6.54 Å². The normalized spacial score (nSPS) is 11.6. The highest BCUT2D eigenvalue weighted by atomic mass is 16.6. The minimum atomic E-state index is -0.861. The fraction of sp³-hybridized carbons (Fsp3) is 0.667. The van der Waals surface area contributed by atoms with Crippen LogP contribution in [0.4, 0.5) is 5.69 Å². The van der Waals surface area contributed by atoms with E-state index in [1.54, 1.807) is 6.92 Å². The Bertz CT molecular complexity index is 609. The molecule has 0 amide bonds. The minimum absolute atomic E-state index is 0.0939. The molecule has 0 saturated carbocycles. The lowest BCUT2D eigenvalue weighted by molar-refractivity contribution is -0.387. The van der Waals surface area contributed by atoms with Crippen molar-refractivity contribution >= 4 is 5.69 Å². The van der Waals surface area contributed by atoms with Crippen LogP contribution in [-0.4, -0.2) is 26.1 Å². The van der Waals surface area contributed by atoms with E-state index in [-0.39, 0.29) is 18.6 Å². The number of nitrogens with zero attached hydrogens (tertiary/aromatic N) is 3. The third-order valence-electron chi connectivity index (χ3n) is 2.75. The van der Waals surface area contributed by atoms with Gasteiger partial charge in [-0.15, -0.1) is 0 Å². The maximum absolute atomic E-state index is 12.0. The van der Waals surface area contributed by atoms with E-state index in [0.717, 1.165) is 15.3 Å². The van der Waals surface area contributed by atoms with E-state index in [2.05, 4.69) is 5.32 Å². The van der Waals surface area contributed by atoms with Crippen molar-refractivity contribution in [1.82, 2.24) is 14.5 Å². The first kappa shape index (κ1) is 16.1. The molecule has 112 valence electrons. The zero-order valence-corrected chi connectivity index (χ0v) is 12.2. The highest BCUT2D eigenvalue weighted by Gasteiger charge is 2.19. The topological polar surface area (TPSA) is 99.2 Å². The third-order valence-corrected chi connectivity index (χ3v) is 2.75. The molecule has 1 N–H and O–H groups in total. The van der Waals surface area contributed by atoms with Crippen molar-refractivity contribution in [3.63, 3.8) is 0 Å². The van der Waals surface area contributed by atoms with Crippen molar-refractivity contribution in [3.05, 3.63) is 37.1 Å². The summed E-state index contributed by atoms with van der Waals surface area (Å²) in [6.07, 6.45) is 0.998. The number of hydrogen-bond donors (Lipinski definition) is 1. The van der Waals surface area contributed by atoms with Crippen LogP contribution in [0.5, 0.6) is 0 Å². The van der Waals surface area contributed by atoms with Crippen LogP contribution < -0.4 is 16.6 Å². The molecule has 0 bridgehead atoms. The first-order chi connectivity index (χ1) is 9.17. The molecule has 0 aliphatic carbocycles. The first-order valence-corrected chi connectivity index (χ1v) is 6.41. The molecule has 0 saturated heterocycles. The molecular formula is C12H20N4O4. The summed E-state index contributed by atoms with van der Waals surface area (Å²) in [7, 11) is 0. The van der Waals surface area contributed by atoms with Crippen LogP contribution in [0, 0.1) is 10.1 Å². The second-order valence-electron chi connectivity index (χ2n) is 5.47. The minimum Gasteiger partial charge on any atom is -0.310 e. The molecular weight excluding hydrogens is 264 g/mol. The van der Waals surface area contributed by atoms with E-state index in [1.165, 1.54) is 0 Å². The van der Waals surface area contributed by atoms with Crippen molar-refractivity contribution in [2.45, 2.75) is 46.3 Å². The Morgan fingerprint density at radius 2 is 1.95 bits per heavy atom. The van der Waals surface area contributed by atoms with Crippen LogP contribution in [0.3, 0.4) is 0 Å². The summed E-state index contributed by atoms with van der Waals surface area (Å²) in [6, 6.07) is 0. The largest absolute Gasteiger partial charge is 0.350 e. The van der Waals surface area contributed by atoms with Crippen LogP contribution >= 0.6 is 0 Å². The molecule has 20 heavy (non-hydrogen) atoms. The fourth-order valence-corrected chi connectivity index (χ4v) is 1.73. The van der Waals surface area contributed by atoms with Gasteiger partial charge in [0, 0.05) is 25.2 Å². The molecule has 1 rings (SSSR count). The average molecular weight is 284 g/mol. The van der Waals surface area contributed by atoms with Gasteiger partial charge in [0.15, 0.2) is 0 Å². The van der Waals surface area contributed by atoms with Crippen LogP contribution in [0.15, 0.2) is 15.8 Å². The lowest BCUT2D eigenvalue weighted by atomic mass is 10.1. The third kappa shape index (κ3) is 3.77. The van der Waals surface area contributed by atoms with Gasteiger partial charge in [-0.25, -0.2) is 4.79 Å². The van der Waals surface area contributed by atoms with Gasteiger partial charge in [-0.1, -0.05) is 0 Å². The number of aryl methyl sites for hydroxylation is 1.